The number of thiazole rings is 1. The molecule has 0 unspecified atom stereocenters. The van der Waals surface area contributed by atoms with Gasteiger partial charge in [0.05, 0.1) is 34.7 Å². The molecule has 0 aliphatic heterocycles. The third kappa shape index (κ3) is 4.92. The van der Waals surface area contributed by atoms with Gasteiger partial charge in [0.25, 0.3) is 0 Å². The van der Waals surface area contributed by atoms with Gasteiger partial charge in [0.2, 0.25) is 11.8 Å². The molecule has 31 heavy (non-hydrogen) atoms. The van der Waals surface area contributed by atoms with Gasteiger partial charge >= 0.3 is 0 Å². The summed E-state index contributed by atoms with van der Waals surface area (Å²) in [6.45, 7) is 3.74. The van der Waals surface area contributed by atoms with Gasteiger partial charge in [-0.05, 0) is 38.1 Å². The number of anilines is 1. The van der Waals surface area contributed by atoms with E-state index in [0.717, 1.165) is 32.6 Å². The lowest BCUT2D eigenvalue weighted by Crippen LogP contribution is -2.13. The summed E-state index contributed by atoms with van der Waals surface area (Å²) in [6, 6.07) is 13.2. The molecule has 0 bridgehead atoms. The first-order valence-corrected chi connectivity index (χ1v) is 11.1. The summed E-state index contributed by atoms with van der Waals surface area (Å²) < 4.78 is 10.4. The number of benzene rings is 1. The first-order chi connectivity index (χ1) is 15.0. The highest BCUT2D eigenvalue weighted by atomic mass is 32.2. The van der Waals surface area contributed by atoms with E-state index in [2.05, 4.69) is 25.7 Å². The lowest BCUT2D eigenvalue weighted by Gasteiger charge is -2.04. The van der Waals surface area contributed by atoms with Crippen molar-refractivity contribution in [1.29, 1.82) is 0 Å². The van der Waals surface area contributed by atoms with Gasteiger partial charge in [0.15, 0.2) is 0 Å². The lowest BCUT2D eigenvalue weighted by atomic mass is 10.2. The molecule has 1 aromatic carbocycles. The van der Waals surface area contributed by atoms with E-state index in [1.807, 2.05) is 43.3 Å². The van der Waals surface area contributed by atoms with E-state index in [4.69, 9.17) is 9.26 Å². The molecule has 0 saturated heterocycles. The Labute approximate surface area is 187 Å². The van der Waals surface area contributed by atoms with Gasteiger partial charge < -0.3 is 9.26 Å². The summed E-state index contributed by atoms with van der Waals surface area (Å²) in [4.78, 5) is 17.7. The number of thioether (sulfide) groups is 1. The Morgan fingerprint density at radius 1 is 1.19 bits per heavy atom. The molecule has 3 aromatic heterocycles. The van der Waals surface area contributed by atoms with Crippen molar-refractivity contribution in [2.75, 3.05) is 18.2 Å². The summed E-state index contributed by atoms with van der Waals surface area (Å²) in [5.41, 5.74) is 3.26. The molecule has 3 heterocycles. The summed E-state index contributed by atoms with van der Waals surface area (Å²) in [6.07, 6.45) is 0. The van der Waals surface area contributed by atoms with Crippen molar-refractivity contribution < 1.29 is 14.1 Å². The molecular weight excluding hydrogens is 434 g/mol. The zero-order chi connectivity index (χ0) is 21.8. The van der Waals surface area contributed by atoms with E-state index in [-0.39, 0.29) is 11.7 Å². The predicted molar refractivity (Wildman–Crippen MR) is 120 cm³/mol. The predicted octanol–water partition coefficient (Wildman–Crippen LogP) is 4.61. The van der Waals surface area contributed by atoms with Crippen LogP contribution in [-0.2, 0) is 4.79 Å². The number of carbonyl (C=O) groups is 1. The molecule has 4 rings (SSSR count). The van der Waals surface area contributed by atoms with Crippen LogP contribution < -0.4 is 10.1 Å². The molecule has 0 saturated carbocycles. The van der Waals surface area contributed by atoms with Crippen molar-refractivity contribution in [3.05, 3.63) is 53.9 Å². The maximum atomic E-state index is 12.0. The quantitative estimate of drug-likeness (QED) is 0.405. The van der Waals surface area contributed by atoms with E-state index in [1.54, 1.807) is 31.4 Å². The number of amides is 1. The lowest BCUT2D eigenvalue weighted by molar-refractivity contribution is -0.113. The number of hydrogen-bond acceptors (Lipinski definition) is 9. The minimum absolute atomic E-state index is 0.186. The van der Waals surface area contributed by atoms with Crippen molar-refractivity contribution in [3.63, 3.8) is 0 Å². The molecule has 158 valence electrons. The van der Waals surface area contributed by atoms with Gasteiger partial charge in [-0.1, -0.05) is 29.1 Å². The largest absolute Gasteiger partial charge is 0.496 e. The summed E-state index contributed by atoms with van der Waals surface area (Å²) in [5.74, 6) is 1.09. The van der Waals surface area contributed by atoms with E-state index in [9.17, 15) is 4.79 Å². The smallest absolute Gasteiger partial charge is 0.237 e. The molecule has 10 heteroatoms. The van der Waals surface area contributed by atoms with Crippen LogP contribution >= 0.6 is 23.1 Å². The molecule has 4 aromatic rings. The average Bonchev–Trinajstić information content (AvgIpc) is 3.37. The number of aryl methyl sites for hydroxylation is 2. The number of para-hydroxylation sites is 1. The highest BCUT2D eigenvalue weighted by molar-refractivity contribution is 7.99. The molecule has 0 fully saturated rings. The van der Waals surface area contributed by atoms with E-state index >= 15 is 0 Å². The molecule has 8 nitrogen and oxygen atoms in total. The van der Waals surface area contributed by atoms with Crippen LogP contribution in [0.2, 0.25) is 0 Å². The Hall–Kier alpha value is -3.24. The van der Waals surface area contributed by atoms with Crippen LogP contribution in [0.4, 0.5) is 5.88 Å². The van der Waals surface area contributed by atoms with Crippen molar-refractivity contribution in [1.82, 2.24) is 20.3 Å². The van der Waals surface area contributed by atoms with Gasteiger partial charge in [-0.2, -0.15) is 0 Å². The molecule has 0 aliphatic rings. The minimum Gasteiger partial charge on any atom is -0.496 e. The Balaban J connectivity index is 1.43. The third-order valence-corrected chi connectivity index (χ3v) is 6.38. The fourth-order valence-corrected chi connectivity index (χ4v) is 4.50. The van der Waals surface area contributed by atoms with Crippen molar-refractivity contribution in [3.8, 4) is 26.9 Å². The Kier molecular flexibility index (Phi) is 6.28. The number of nitrogens with zero attached hydrogens (tertiary/aromatic N) is 4. The van der Waals surface area contributed by atoms with Crippen molar-refractivity contribution in [2.24, 2.45) is 0 Å². The summed E-state index contributed by atoms with van der Waals surface area (Å²) in [5, 5.41) is 16.5. The normalized spacial score (nSPS) is 10.8. The molecule has 0 radical (unpaired) electrons. The van der Waals surface area contributed by atoms with Crippen LogP contribution in [0.3, 0.4) is 0 Å². The first kappa shape index (κ1) is 21.0. The molecule has 0 aliphatic carbocycles. The summed E-state index contributed by atoms with van der Waals surface area (Å²) >= 11 is 2.83. The zero-order valence-corrected chi connectivity index (χ0v) is 18.7. The van der Waals surface area contributed by atoms with Crippen LogP contribution in [0.15, 0.2) is 52.0 Å². The van der Waals surface area contributed by atoms with Gasteiger partial charge in [-0.3, -0.25) is 10.1 Å². The van der Waals surface area contributed by atoms with Gasteiger partial charge in [0.1, 0.15) is 21.5 Å². The maximum absolute atomic E-state index is 12.0. The Morgan fingerprint density at radius 2 is 2.03 bits per heavy atom. The highest BCUT2D eigenvalue weighted by Gasteiger charge is 2.16. The van der Waals surface area contributed by atoms with E-state index in [0.29, 0.717) is 16.6 Å². The highest BCUT2D eigenvalue weighted by Crippen LogP contribution is 2.38. The topological polar surface area (TPSA) is 103 Å². The fraction of sp³-hybridized carbons (Fsp3) is 0.190. The van der Waals surface area contributed by atoms with Gasteiger partial charge in [0, 0.05) is 6.07 Å². The third-order valence-electron chi connectivity index (χ3n) is 4.25. The van der Waals surface area contributed by atoms with Crippen LogP contribution in [0.25, 0.3) is 21.1 Å². The second kappa shape index (κ2) is 9.27. The SMILES string of the molecule is COc1ccccc1-c1nc(C)c(-c2ccc(SCC(=O)Nc3cc(C)no3)nn2)s1. The number of methoxy groups -OCH3 is 1. The Bertz CT molecular complexity index is 1200. The van der Waals surface area contributed by atoms with Gasteiger partial charge in [-0.15, -0.1) is 21.5 Å². The number of aromatic nitrogens is 4. The number of hydrogen-bond donors (Lipinski definition) is 1. The number of ether oxygens (including phenoxy) is 1. The second-order valence-electron chi connectivity index (χ2n) is 6.56. The Morgan fingerprint density at radius 3 is 2.74 bits per heavy atom. The second-order valence-corrected chi connectivity index (χ2v) is 8.55. The standard InChI is InChI=1S/C21H19N5O3S2/c1-12-10-18(29-26-12)23-17(27)11-30-19-9-8-15(24-25-19)20-13(2)22-21(31-20)14-6-4-5-7-16(14)28-3/h4-10H,11H2,1-3H3,(H,23,27). The van der Waals surface area contributed by atoms with Crippen LogP contribution in [0.5, 0.6) is 5.75 Å². The molecule has 1 amide bonds. The molecule has 0 spiro atoms. The van der Waals surface area contributed by atoms with Crippen LogP contribution in [0.1, 0.15) is 11.4 Å². The fourth-order valence-electron chi connectivity index (χ4n) is 2.82. The van der Waals surface area contributed by atoms with Gasteiger partial charge in [-0.25, -0.2) is 4.98 Å². The van der Waals surface area contributed by atoms with Crippen LogP contribution in [0, 0.1) is 13.8 Å². The number of rotatable bonds is 7. The number of carbonyl (C=O) groups excluding carboxylic acids is 1. The molecule has 0 atom stereocenters. The van der Waals surface area contributed by atoms with E-state index in [1.165, 1.54) is 11.8 Å². The monoisotopic (exact) mass is 453 g/mol. The zero-order valence-electron chi connectivity index (χ0n) is 17.1. The number of nitrogens with one attached hydrogen (secondary N) is 1. The molecule has 1 N–H and O–H groups in total. The first-order valence-electron chi connectivity index (χ1n) is 9.34. The maximum Gasteiger partial charge on any atom is 0.237 e. The van der Waals surface area contributed by atoms with Crippen LogP contribution in [-0.4, -0.2) is 39.1 Å². The molecular formula is C21H19N5O3S2. The average molecular weight is 454 g/mol. The van der Waals surface area contributed by atoms with Crippen molar-refractivity contribution >= 4 is 34.9 Å². The summed E-state index contributed by atoms with van der Waals surface area (Å²) in [7, 11) is 1.65. The van der Waals surface area contributed by atoms with Crippen molar-refractivity contribution in [2.45, 2.75) is 18.9 Å². The minimum atomic E-state index is -0.202. The van der Waals surface area contributed by atoms with E-state index < -0.39 is 0 Å².